The number of rotatable bonds is 3. The van der Waals surface area contributed by atoms with E-state index in [1.165, 1.54) is 0 Å². The summed E-state index contributed by atoms with van der Waals surface area (Å²) in [4.78, 5) is 22.4. The SMILES string of the molecule is O=C(c1cnc(Nc2ccccc2)nc1)N1CCOCC1. The standard InChI is InChI=1S/C15H16N4O2/c20-14(19-6-8-21-9-7-19)12-10-16-15(17-11-12)18-13-4-2-1-3-5-13/h1-5,10-11H,6-9H2,(H,16,17,18). The minimum atomic E-state index is -0.0513. The number of ether oxygens (including phenoxy) is 1. The van der Waals surface area contributed by atoms with E-state index >= 15 is 0 Å². The second-order valence-corrected chi connectivity index (χ2v) is 4.69. The lowest BCUT2D eigenvalue weighted by molar-refractivity contribution is 0.0302. The van der Waals surface area contributed by atoms with Gasteiger partial charge in [-0.15, -0.1) is 0 Å². The molecule has 0 saturated carbocycles. The molecule has 6 heteroatoms. The van der Waals surface area contributed by atoms with Crippen molar-refractivity contribution in [2.75, 3.05) is 31.6 Å². The molecule has 1 saturated heterocycles. The third-order valence-electron chi connectivity index (χ3n) is 3.23. The summed E-state index contributed by atoms with van der Waals surface area (Å²) >= 11 is 0. The number of hydrogen-bond acceptors (Lipinski definition) is 5. The Labute approximate surface area is 122 Å². The van der Waals surface area contributed by atoms with Gasteiger partial charge in [-0.3, -0.25) is 4.79 Å². The molecule has 3 rings (SSSR count). The highest BCUT2D eigenvalue weighted by molar-refractivity contribution is 5.93. The molecule has 0 aliphatic carbocycles. The van der Waals surface area contributed by atoms with Crippen LogP contribution < -0.4 is 5.32 Å². The van der Waals surface area contributed by atoms with Crippen LogP contribution in [-0.2, 0) is 4.74 Å². The van der Waals surface area contributed by atoms with Crippen molar-refractivity contribution in [1.82, 2.24) is 14.9 Å². The van der Waals surface area contributed by atoms with Crippen LogP contribution in [0.2, 0.25) is 0 Å². The minimum absolute atomic E-state index is 0.0513. The zero-order chi connectivity index (χ0) is 14.5. The second kappa shape index (κ2) is 6.32. The Morgan fingerprint density at radius 2 is 1.76 bits per heavy atom. The Morgan fingerprint density at radius 1 is 1.10 bits per heavy atom. The van der Waals surface area contributed by atoms with E-state index in [-0.39, 0.29) is 5.91 Å². The smallest absolute Gasteiger partial charge is 0.257 e. The molecule has 6 nitrogen and oxygen atoms in total. The van der Waals surface area contributed by atoms with E-state index in [4.69, 9.17) is 4.74 Å². The van der Waals surface area contributed by atoms with Crippen molar-refractivity contribution in [3.63, 3.8) is 0 Å². The van der Waals surface area contributed by atoms with Gasteiger partial charge in [0.1, 0.15) is 0 Å². The third kappa shape index (κ3) is 3.35. The average molecular weight is 284 g/mol. The molecule has 1 aliphatic rings. The number of hydrogen-bond donors (Lipinski definition) is 1. The van der Waals surface area contributed by atoms with Crippen molar-refractivity contribution in [1.29, 1.82) is 0 Å². The zero-order valence-corrected chi connectivity index (χ0v) is 11.5. The first kappa shape index (κ1) is 13.5. The molecule has 1 aromatic carbocycles. The van der Waals surface area contributed by atoms with Gasteiger partial charge in [0.25, 0.3) is 5.91 Å². The van der Waals surface area contributed by atoms with E-state index in [0.717, 1.165) is 5.69 Å². The lowest BCUT2D eigenvalue weighted by Crippen LogP contribution is -2.40. The monoisotopic (exact) mass is 284 g/mol. The van der Waals surface area contributed by atoms with Gasteiger partial charge in [0.15, 0.2) is 0 Å². The predicted octanol–water partition coefficient (Wildman–Crippen LogP) is 1.69. The largest absolute Gasteiger partial charge is 0.378 e. The highest BCUT2D eigenvalue weighted by Gasteiger charge is 2.19. The van der Waals surface area contributed by atoms with Crippen LogP contribution in [0.4, 0.5) is 11.6 Å². The second-order valence-electron chi connectivity index (χ2n) is 4.69. The molecular formula is C15H16N4O2. The highest BCUT2D eigenvalue weighted by Crippen LogP contribution is 2.12. The summed E-state index contributed by atoms with van der Waals surface area (Å²) in [5.41, 5.74) is 1.40. The van der Waals surface area contributed by atoms with Gasteiger partial charge >= 0.3 is 0 Å². The maximum absolute atomic E-state index is 12.2. The van der Waals surface area contributed by atoms with Gasteiger partial charge in [0.05, 0.1) is 18.8 Å². The molecule has 108 valence electrons. The Kier molecular flexibility index (Phi) is 4.07. The number of aromatic nitrogens is 2. The number of carbonyl (C=O) groups excluding carboxylic acids is 1. The number of carbonyl (C=O) groups is 1. The minimum Gasteiger partial charge on any atom is -0.378 e. The summed E-state index contributed by atoms with van der Waals surface area (Å²) in [6, 6.07) is 9.65. The Bertz CT molecular complexity index is 595. The average Bonchev–Trinajstić information content (AvgIpc) is 2.57. The molecule has 0 spiro atoms. The van der Waals surface area contributed by atoms with Crippen molar-refractivity contribution >= 4 is 17.5 Å². The summed E-state index contributed by atoms with van der Waals surface area (Å²) in [5.74, 6) is 0.421. The number of nitrogens with one attached hydrogen (secondary N) is 1. The summed E-state index contributed by atoms with van der Waals surface area (Å²) in [5, 5.41) is 3.08. The van der Waals surface area contributed by atoms with Crippen molar-refractivity contribution in [2.24, 2.45) is 0 Å². The predicted molar refractivity (Wildman–Crippen MR) is 78.5 cm³/mol. The zero-order valence-electron chi connectivity index (χ0n) is 11.5. The first-order chi connectivity index (χ1) is 10.3. The first-order valence-corrected chi connectivity index (χ1v) is 6.84. The molecule has 2 heterocycles. The molecular weight excluding hydrogens is 268 g/mol. The Hall–Kier alpha value is -2.47. The van der Waals surface area contributed by atoms with Crippen molar-refractivity contribution in [3.05, 3.63) is 48.3 Å². The quantitative estimate of drug-likeness (QED) is 0.929. The lowest BCUT2D eigenvalue weighted by Gasteiger charge is -2.26. The van der Waals surface area contributed by atoms with Crippen LogP contribution in [0.15, 0.2) is 42.7 Å². The van der Waals surface area contributed by atoms with Crippen molar-refractivity contribution in [2.45, 2.75) is 0 Å². The van der Waals surface area contributed by atoms with Crippen LogP contribution in [0.25, 0.3) is 0 Å². The molecule has 21 heavy (non-hydrogen) atoms. The number of morpholine rings is 1. The highest BCUT2D eigenvalue weighted by atomic mass is 16.5. The van der Waals surface area contributed by atoms with Crippen LogP contribution in [0.5, 0.6) is 0 Å². The molecule has 1 aromatic heterocycles. The van der Waals surface area contributed by atoms with Gasteiger partial charge in [-0.25, -0.2) is 9.97 Å². The van der Waals surface area contributed by atoms with Crippen LogP contribution in [-0.4, -0.2) is 47.1 Å². The fraction of sp³-hybridized carbons (Fsp3) is 0.267. The number of nitrogens with zero attached hydrogens (tertiary/aromatic N) is 3. The molecule has 2 aromatic rings. The maximum Gasteiger partial charge on any atom is 0.257 e. The van der Waals surface area contributed by atoms with Crippen molar-refractivity contribution in [3.8, 4) is 0 Å². The fourth-order valence-electron chi connectivity index (χ4n) is 2.10. The molecule has 1 fully saturated rings. The van der Waals surface area contributed by atoms with Crippen LogP contribution in [0.1, 0.15) is 10.4 Å². The maximum atomic E-state index is 12.2. The Morgan fingerprint density at radius 3 is 2.43 bits per heavy atom. The van der Waals surface area contributed by atoms with E-state index in [0.29, 0.717) is 37.8 Å². The van der Waals surface area contributed by atoms with Gasteiger partial charge in [-0.05, 0) is 12.1 Å². The summed E-state index contributed by atoms with van der Waals surface area (Å²) < 4.78 is 5.24. The van der Waals surface area contributed by atoms with Crippen LogP contribution in [0, 0.1) is 0 Å². The summed E-state index contributed by atoms with van der Waals surface area (Å²) in [6.07, 6.45) is 3.10. The van der Waals surface area contributed by atoms with E-state index in [1.807, 2.05) is 30.3 Å². The number of para-hydroxylation sites is 1. The van der Waals surface area contributed by atoms with Crippen LogP contribution in [0.3, 0.4) is 0 Å². The molecule has 0 radical (unpaired) electrons. The molecule has 1 amide bonds. The van der Waals surface area contributed by atoms with E-state index in [1.54, 1.807) is 17.3 Å². The molecule has 0 bridgehead atoms. The number of amides is 1. The normalized spacial score (nSPS) is 14.8. The molecule has 0 atom stereocenters. The van der Waals surface area contributed by atoms with E-state index < -0.39 is 0 Å². The fourth-order valence-corrected chi connectivity index (χ4v) is 2.10. The van der Waals surface area contributed by atoms with Crippen LogP contribution >= 0.6 is 0 Å². The first-order valence-electron chi connectivity index (χ1n) is 6.84. The molecule has 1 N–H and O–H groups in total. The third-order valence-corrected chi connectivity index (χ3v) is 3.23. The topological polar surface area (TPSA) is 67.4 Å². The van der Waals surface area contributed by atoms with Gasteiger partial charge in [0.2, 0.25) is 5.95 Å². The number of anilines is 2. The summed E-state index contributed by atoms with van der Waals surface area (Å²) in [6.45, 7) is 2.40. The lowest BCUT2D eigenvalue weighted by atomic mass is 10.3. The molecule has 1 aliphatic heterocycles. The molecule has 0 unspecified atom stereocenters. The van der Waals surface area contributed by atoms with Gasteiger partial charge in [-0.2, -0.15) is 0 Å². The van der Waals surface area contributed by atoms with E-state index in [2.05, 4.69) is 15.3 Å². The van der Waals surface area contributed by atoms with Gasteiger partial charge < -0.3 is 15.0 Å². The van der Waals surface area contributed by atoms with E-state index in [9.17, 15) is 4.79 Å². The Balaban J connectivity index is 1.67. The van der Waals surface area contributed by atoms with Gasteiger partial charge in [0, 0.05) is 31.2 Å². The van der Waals surface area contributed by atoms with Gasteiger partial charge in [-0.1, -0.05) is 18.2 Å². The van der Waals surface area contributed by atoms with Crippen molar-refractivity contribution < 1.29 is 9.53 Å². The number of benzene rings is 1. The summed E-state index contributed by atoms with van der Waals surface area (Å²) in [7, 11) is 0.